The number of nitrogens with two attached hydrogens (primary N) is 1. The van der Waals surface area contributed by atoms with Crippen LogP contribution in [-0.4, -0.2) is 15.2 Å². The number of anilines is 1. The van der Waals surface area contributed by atoms with Crippen LogP contribution < -0.4 is 11.3 Å². The van der Waals surface area contributed by atoms with Crippen LogP contribution in [0.4, 0.5) is 5.69 Å². The Bertz CT molecular complexity index is 766. The summed E-state index contributed by atoms with van der Waals surface area (Å²) in [5.74, 6) is 0.546. The monoisotopic (exact) mass is 245 g/mol. The fourth-order valence-corrected chi connectivity index (χ4v) is 2.02. The fraction of sp³-hybridized carbons (Fsp3) is 0.0833. The first kappa shape index (κ1) is 10.5. The first-order valence-corrected chi connectivity index (χ1v) is 5.40. The van der Waals surface area contributed by atoms with E-state index in [1.165, 1.54) is 0 Å². The van der Waals surface area contributed by atoms with Crippen LogP contribution >= 0.6 is 0 Å². The highest BCUT2D eigenvalue weighted by molar-refractivity contribution is 5.89. The van der Waals surface area contributed by atoms with Gasteiger partial charge in [-0.15, -0.1) is 0 Å². The number of phenolic OH excluding ortho intramolecular Hbond substituents is 1. The van der Waals surface area contributed by atoms with Gasteiger partial charge in [-0.1, -0.05) is 6.07 Å². The molecule has 5 N–H and O–H groups in total. The lowest BCUT2D eigenvalue weighted by Gasteiger charge is -1.99. The van der Waals surface area contributed by atoms with E-state index in [9.17, 15) is 9.90 Å². The van der Waals surface area contributed by atoms with Gasteiger partial charge in [-0.05, 0) is 17.7 Å². The van der Waals surface area contributed by atoms with Crippen molar-refractivity contribution in [3.8, 4) is 5.75 Å². The molecule has 0 amide bonds. The number of rotatable bonds is 2. The lowest BCUT2D eigenvalue weighted by Crippen LogP contribution is -2.05. The third-order valence-corrected chi connectivity index (χ3v) is 2.93. The number of hydrogen-bond acceptors (Lipinski definition) is 4. The molecule has 2 heterocycles. The SMILES string of the molecule is Nc1c(Cc2c[nH]c3cccc(O)c23)o[nH]c1=O. The number of benzene rings is 1. The Morgan fingerprint density at radius 3 is 2.94 bits per heavy atom. The van der Waals surface area contributed by atoms with Gasteiger partial charge >= 0.3 is 5.56 Å². The molecule has 2 aromatic heterocycles. The minimum absolute atomic E-state index is 0.0692. The second-order valence-corrected chi connectivity index (χ2v) is 4.06. The van der Waals surface area contributed by atoms with E-state index in [-0.39, 0.29) is 11.4 Å². The Hall–Kier alpha value is -2.63. The van der Waals surface area contributed by atoms with Gasteiger partial charge in [0.25, 0.3) is 0 Å². The summed E-state index contributed by atoms with van der Waals surface area (Å²) >= 11 is 0. The van der Waals surface area contributed by atoms with Gasteiger partial charge in [0.2, 0.25) is 0 Å². The van der Waals surface area contributed by atoms with Crippen LogP contribution in [0.15, 0.2) is 33.7 Å². The molecule has 0 atom stereocenters. The molecule has 0 saturated carbocycles. The summed E-state index contributed by atoms with van der Waals surface area (Å²) in [5.41, 5.74) is 6.86. The van der Waals surface area contributed by atoms with E-state index in [0.717, 1.165) is 11.1 Å². The summed E-state index contributed by atoms with van der Waals surface area (Å²) in [7, 11) is 0. The Labute approximate surface area is 101 Å². The number of hydrogen-bond donors (Lipinski definition) is 4. The van der Waals surface area contributed by atoms with Crippen molar-refractivity contribution in [2.75, 3.05) is 5.73 Å². The highest BCUT2D eigenvalue weighted by atomic mass is 16.5. The maximum absolute atomic E-state index is 11.2. The van der Waals surface area contributed by atoms with Gasteiger partial charge in [0, 0.05) is 23.5 Å². The number of aromatic amines is 2. The lowest BCUT2D eigenvalue weighted by molar-refractivity contribution is 0.385. The van der Waals surface area contributed by atoms with Crippen molar-refractivity contribution in [3.63, 3.8) is 0 Å². The van der Waals surface area contributed by atoms with Gasteiger partial charge in [0.15, 0.2) is 5.76 Å². The molecular weight excluding hydrogens is 234 g/mol. The van der Waals surface area contributed by atoms with Crippen molar-refractivity contribution in [1.29, 1.82) is 0 Å². The summed E-state index contributed by atoms with van der Waals surface area (Å²) in [5, 5.41) is 12.7. The van der Waals surface area contributed by atoms with Gasteiger partial charge in [-0.3, -0.25) is 4.79 Å². The van der Waals surface area contributed by atoms with Gasteiger partial charge in [-0.2, -0.15) is 5.16 Å². The summed E-state index contributed by atoms with van der Waals surface area (Å²) in [6.07, 6.45) is 2.10. The molecule has 3 rings (SSSR count). The Morgan fingerprint density at radius 2 is 2.22 bits per heavy atom. The predicted octanol–water partition coefficient (Wildman–Crippen LogP) is 1.33. The standard InChI is InChI=1S/C12H11N3O3/c13-11-9(18-15-12(11)17)4-6-5-14-7-2-1-3-8(16)10(6)7/h1-3,5,14,16H,4,13H2,(H,15,17). The fourth-order valence-electron chi connectivity index (χ4n) is 2.02. The van der Waals surface area contributed by atoms with Crippen LogP contribution in [0, 0.1) is 0 Å². The molecule has 0 bridgehead atoms. The second kappa shape index (κ2) is 3.69. The van der Waals surface area contributed by atoms with Crippen molar-refractivity contribution in [1.82, 2.24) is 10.1 Å². The average Bonchev–Trinajstić information content (AvgIpc) is 2.90. The quantitative estimate of drug-likeness (QED) is 0.546. The molecule has 6 nitrogen and oxygen atoms in total. The molecule has 0 fully saturated rings. The molecule has 3 aromatic rings. The second-order valence-electron chi connectivity index (χ2n) is 4.06. The van der Waals surface area contributed by atoms with Crippen LogP contribution in [0.25, 0.3) is 10.9 Å². The molecule has 0 aliphatic heterocycles. The number of phenols is 1. The predicted molar refractivity (Wildman–Crippen MR) is 66.5 cm³/mol. The molecule has 0 unspecified atom stereocenters. The van der Waals surface area contributed by atoms with Crippen LogP contribution in [0.2, 0.25) is 0 Å². The summed E-state index contributed by atoms with van der Waals surface area (Å²) in [6, 6.07) is 5.22. The van der Waals surface area contributed by atoms with E-state index >= 15 is 0 Å². The van der Waals surface area contributed by atoms with Crippen molar-refractivity contribution in [2.45, 2.75) is 6.42 Å². The van der Waals surface area contributed by atoms with Crippen molar-refractivity contribution in [2.24, 2.45) is 0 Å². The number of fused-ring (bicyclic) bond motifs is 1. The molecule has 0 aliphatic rings. The number of H-pyrrole nitrogens is 2. The topological polar surface area (TPSA) is 108 Å². The number of nitrogens with one attached hydrogen (secondary N) is 2. The highest BCUT2D eigenvalue weighted by Gasteiger charge is 2.14. The normalized spacial score (nSPS) is 11.1. The van der Waals surface area contributed by atoms with Crippen molar-refractivity contribution in [3.05, 3.63) is 46.1 Å². The number of nitrogen functional groups attached to an aromatic ring is 1. The summed E-state index contributed by atoms with van der Waals surface area (Å²) in [4.78, 5) is 14.2. The molecule has 0 spiro atoms. The van der Waals surface area contributed by atoms with Gasteiger partial charge in [-0.25, -0.2) is 0 Å². The van der Waals surface area contributed by atoms with Crippen LogP contribution in [0.1, 0.15) is 11.3 Å². The minimum atomic E-state index is -0.436. The van der Waals surface area contributed by atoms with E-state index in [2.05, 4.69) is 10.1 Å². The third-order valence-electron chi connectivity index (χ3n) is 2.93. The molecule has 0 radical (unpaired) electrons. The molecule has 0 saturated heterocycles. The summed E-state index contributed by atoms with van der Waals surface area (Å²) < 4.78 is 5.00. The molecule has 0 aliphatic carbocycles. The van der Waals surface area contributed by atoms with Gasteiger partial charge in [0.05, 0.1) is 0 Å². The first-order valence-electron chi connectivity index (χ1n) is 5.40. The van der Waals surface area contributed by atoms with E-state index in [4.69, 9.17) is 10.3 Å². The minimum Gasteiger partial charge on any atom is -0.507 e. The molecule has 1 aromatic carbocycles. The Kier molecular flexibility index (Phi) is 2.16. The zero-order valence-electron chi connectivity index (χ0n) is 9.36. The number of aromatic hydroxyl groups is 1. The first-order chi connectivity index (χ1) is 8.66. The van der Waals surface area contributed by atoms with Crippen molar-refractivity contribution >= 4 is 16.6 Å². The highest BCUT2D eigenvalue weighted by Crippen LogP contribution is 2.29. The van der Waals surface area contributed by atoms with Crippen LogP contribution in [0.3, 0.4) is 0 Å². The molecule has 92 valence electrons. The smallest absolute Gasteiger partial charge is 0.303 e. The lowest BCUT2D eigenvalue weighted by atomic mass is 10.1. The van der Waals surface area contributed by atoms with E-state index in [1.807, 2.05) is 6.07 Å². The third kappa shape index (κ3) is 1.46. The zero-order valence-corrected chi connectivity index (χ0v) is 9.36. The maximum atomic E-state index is 11.2. The van der Waals surface area contributed by atoms with E-state index < -0.39 is 5.56 Å². The zero-order chi connectivity index (χ0) is 12.7. The maximum Gasteiger partial charge on any atom is 0.303 e. The van der Waals surface area contributed by atoms with E-state index in [0.29, 0.717) is 17.6 Å². The van der Waals surface area contributed by atoms with Crippen LogP contribution in [0.5, 0.6) is 5.75 Å². The van der Waals surface area contributed by atoms with Crippen molar-refractivity contribution < 1.29 is 9.63 Å². The Balaban J connectivity index is 2.11. The van der Waals surface area contributed by atoms with Gasteiger partial charge in [0.1, 0.15) is 11.4 Å². The Morgan fingerprint density at radius 1 is 1.39 bits per heavy atom. The van der Waals surface area contributed by atoms with E-state index in [1.54, 1.807) is 18.3 Å². The number of aromatic nitrogens is 2. The molecular formula is C12H11N3O3. The average molecular weight is 245 g/mol. The summed E-state index contributed by atoms with van der Waals surface area (Å²) in [6.45, 7) is 0. The van der Waals surface area contributed by atoms with Gasteiger partial charge < -0.3 is 20.3 Å². The largest absolute Gasteiger partial charge is 0.507 e. The van der Waals surface area contributed by atoms with Crippen LogP contribution in [-0.2, 0) is 6.42 Å². The molecule has 18 heavy (non-hydrogen) atoms. The molecule has 6 heteroatoms.